The molecule has 0 aromatic rings. The Hall–Kier alpha value is -0.590. The molecule has 0 aliphatic heterocycles. The van der Waals surface area contributed by atoms with Gasteiger partial charge in [-0.15, -0.1) is 6.58 Å². The van der Waals surface area contributed by atoms with E-state index in [4.69, 9.17) is 0 Å². The quantitative estimate of drug-likeness (QED) is 0.441. The third kappa shape index (κ3) is 623. The summed E-state index contributed by atoms with van der Waals surface area (Å²) in [6, 6.07) is 0. The zero-order valence-electron chi connectivity index (χ0n) is 6.87. The molecular weight excluding hydrogens is 115 g/mol. The number of rotatable bonds is 0. The summed E-state index contributed by atoms with van der Waals surface area (Å²) in [5.74, 6) is -0.333. The molecular formula is C8H17F. The molecule has 0 aliphatic carbocycles. The van der Waals surface area contributed by atoms with Crippen molar-refractivity contribution in [2.24, 2.45) is 0 Å². The minimum Gasteiger partial charge on any atom is -0.213 e. The molecule has 0 aromatic heterocycles. The topological polar surface area (TPSA) is 0 Å². The molecule has 0 atom stereocenters. The van der Waals surface area contributed by atoms with E-state index >= 15 is 0 Å². The Labute approximate surface area is 58.1 Å². The van der Waals surface area contributed by atoms with E-state index in [-0.39, 0.29) is 5.83 Å². The maximum atomic E-state index is 10.8. The van der Waals surface area contributed by atoms with Gasteiger partial charge in [-0.25, -0.2) is 4.39 Å². The van der Waals surface area contributed by atoms with Crippen LogP contribution in [-0.4, -0.2) is 0 Å². The van der Waals surface area contributed by atoms with Crippen LogP contribution in [0.1, 0.15) is 27.7 Å². The molecule has 0 saturated carbocycles. The lowest BCUT2D eigenvalue weighted by atomic mass is 10.7. The highest BCUT2D eigenvalue weighted by molar-refractivity contribution is 4.68. The summed E-state index contributed by atoms with van der Waals surface area (Å²) in [5, 5.41) is 0. The Kier molecular flexibility index (Phi) is 45.9. The average Bonchev–Trinajstić information content (AvgIpc) is 1.71. The number of halogens is 1. The molecule has 0 N–H and O–H groups in total. The smallest absolute Gasteiger partial charge is 0.0897 e. The molecule has 0 amide bonds. The Bertz CT molecular complexity index is 51.6. The molecule has 0 spiro atoms. The van der Waals surface area contributed by atoms with Gasteiger partial charge in [-0.05, 0) is 13.8 Å². The second kappa shape index (κ2) is 26.2. The maximum Gasteiger partial charge on any atom is 0.0897 e. The summed E-state index contributed by atoms with van der Waals surface area (Å²) in [5.41, 5.74) is 0. The van der Waals surface area contributed by atoms with Crippen LogP contribution in [0, 0.1) is 0 Å². The second-order valence-corrected chi connectivity index (χ2v) is 1.08. The van der Waals surface area contributed by atoms with Gasteiger partial charge < -0.3 is 0 Å². The van der Waals surface area contributed by atoms with E-state index in [0.29, 0.717) is 0 Å². The molecule has 9 heavy (non-hydrogen) atoms. The minimum atomic E-state index is -0.333. The SMILES string of the molecule is C=C(C)F.C=CC.CC. The molecule has 0 aromatic carbocycles. The van der Waals surface area contributed by atoms with Gasteiger partial charge in [-0.2, -0.15) is 0 Å². The highest BCUT2D eigenvalue weighted by Gasteiger charge is 1.58. The largest absolute Gasteiger partial charge is 0.213 e. The van der Waals surface area contributed by atoms with E-state index in [0.717, 1.165) is 0 Å². The first-order chi connectivity index (χ1) is 4.15. The summed E-state index contributed by atoms with van der Waals surface area (Å²) in [4.78, 5) is 0. The van der Waals surface area contributed by atoms with E-state index in [9.17, 15) is 4.39 Å². The lowest BCUT2D eigenvalue weighted by Crippen LogP contribution is -1.38. The molecule has 0 nitrogen and oxygen atoms in total. The van der Waals surface area contributed by atoms with Gasteiger partial charge in [-0.1, -0.05) is 26.5 Å². The minimum absolute atomic E-state index is 0.333. The fraction of sp³-hybridized carbons (Fsp3) is 0.500. The van der Waals surface area contributed by atoms with Crippen LogP contribution in [0.2, 0.25) is 0 Å². The molecule has 0 saturated heterocycles. The fourth-order valence-corrected chi connectivity index (χ4v) is 0. The molecule has 0 rings (SSSR count). The van der Waals surface area contributed by atoms with Gasteiger partial charge in [0.2, 0.25) is 0 Å². The van der Waals surface area contributed by atoms with E-state index in [2.05, 4.69) is 13.2 Å². The van der Waals surface area contributed by atoms with Crippen LogP contribution in [0.15, 0.2) is 25.1 Å². The molecule has 0 bridgehead atoms. The van der Waals surface area contributed by atoms with Gasteiger partial charge in [0.15, 0.2) is 0 Å². The highest BCUT2D eigenvalue weighted by atomic mass is 19.1. The predicted octanol–water partition coefficient (Wildman–Crippen LogP) is 3.71. The van der Waals surface area contributed by atoms with Gasteiger partial charge in [-0.3, -0.25) is 0 Å². The zero-order chi connectivity index (χ0) is 8.28. The summed E-state index contributed by atoms with van der Waals surface area (Å²) in [7, 11) is 0. The van der Waals surface area contributed by atoms with Crippen LogP contribution in [0.3, 0.4) is 0 Å². The van der Waals surface area contributed by atoms with E-state index < -0.39 is 0 Å². The fourth-order valence-electron chi connectivity index (χ4n) is 0. The van der Waals surface area contributed by atoms with Gasteiger partial charge in [0.1, 0.15) is 0 Å². The van der Waals surface area contributed by atoms with Crippen LogP contribution < -0.4 is 0 Å². The van der Waals surface area contributed by atoms with Crippen molar-refractivity contribution in [3.63, 3.8) is 0 Å². The average molecular weight is 132 g/mol. The molecule has 56 valence electrons. The lowest BCUT2D eigenvalue weighted by Gasteiger charge is -1.59. The van der Waals surface area contributed by atoms with Crippen molar-refractivity contribution in [2.45, 2.75) is 27.7 Å². The van der Waals surface area contributed by atoms with Crippen LogP contribution >= 0.6 is 0 Å². The van der Waals surface area contributed by atoms with Gasteiger partial charge in [0.25, 0.3) is 0 Å². The van der Waals surface area contributed by atoms with Crippen molar-refractivity contribution >= 4 is 0 Å². The van der Waals surface area contributed by atoms with Crippen molar-refractivity contribution in [3.8, 4) is 0 Å². The van der Waals surface area contributed by atoms with E-state index in [1.807, 2.05) is 20.8 Å². The van der Waals surface area contributed by atoms with Crippen LogP contribution in [0.5, 0.6) is 0 Å². The van der Waals surface area contributed by atoms with Crippen molar-refractivity contribution in [2.75, 3.05) is 0 Å². The molecule has 1 heteroatoms. The number of hydrogen-bond acceptors (Lipinski definition) is 0. The molecule has 0 heterocycles. The number of hydrogen-bond donors (Lipinski definition) is 0. The van der Waals surface area contributed by atoms with Gasteiger partial charge in [0.05, 0.1) is 5.83 Å². The van der Waals surface area contributed by atoms with Crippen LogP contribution in [0.25, 0.3) is 0 Å². The van der Waals surface area contributed by atoms with E-state index in [1.54, 1.807) is 6.08 Å². The van der Waals surface area contributed by atoms with Crippen molar-refractivity contribution in [3.05, 3.63) is 25.1 Å². The summed E-state index contributed by atoms with van der Waals surface area (Å²) < 4.78 is 10.8. The zero-order valence-corrected chi connectivity index (χ0v) is 6.87. The Balaban J connectivity index is -0.0000000646. The lowest BCUT2D eigenvalue weighted by molar-refractivity contribution is 0.645. The molecule has 0 radical (unpaired) electrons. The van der Waals surface area contributed by atoms with Crippen molar-refractivity contribution < 1.29 is 4.39 Å². The van der Waals surface area contributed by atoms with E-state index in [1.165, 1.54) is 6.92 Å². The Morgan fingerprint density at radius 2 is 1.44 bits per heavy atom. The Morgan fingerprint density at radius 1 is 1.44 bits per heavy atom. The third-order valence-corrected chi connectivity index (χ3v) is 0. The third-order valence-electron chi connectivity index (χ3n) is 0. The first-order valence-corrected chi connectivity index (χ1v) is 3.03. The monoisotopic (exact) mass is 132 g/mol. The first kappa shape index (κ1) is 15.8. The van der Waals surface area contributed by atoms with Gasteiger partial charge in [0, 0.05) is 0 Å². The summed E-state index contributed by atoms with van der Waals surface area (Å²) in [6.07, 6.45) is 1.75. The van der Waals surface area contributed by atoms with Gasteiger partial charge >= 0.3 is 0 Å². The summed E-state index contributed by atoms with van der Waals surface area (Å²) in [6.45, 7) is 13.4. The van der Waals surface area contributed by atoms with Crippen molar-refractivity contribution in [1.29, 1.82) is 0 Å². The molecule has 0 aliphatic rings. The maximum absolute atomic E-state index is 10.8. The first-order valence-electron chi connectivity index (χ1n) is 3.03. The second-order valence-electron chi connectivity index (χ2n) is 1.08. The normalized spacial score (nSPS) is 5.00. The van der Waals surface area contributed by atoms with Crippen molar-refractivity contribution in [1.82, 2.24) is 0 Å². The molecule has 0 unspecified atom stereocenters. The van der Waals surface area contributed by atoms with Crippen LogP contribution in [0.4, 0.5) is 4.39 Å². The highest BCUT2D eigenvalue weighted by Crippen LogP contribution is 1.80. The molecule has 0 fully saturated rings. The number of allylic oxidation sites excluding steroid dienone is 2. The standard InChI is InChI=1S/C3H5F.C3H6.C2H6/c1-3(2)4;1-3-2;1-2/h1H2,2H3;3H,1H2,2H3;1-2H3. The summed E-state index contributed by atoms with van der Waals surface area (Å²) >= 11 is 0. The predicted molar refractivity (Wildman–Crippen MR) is 43.1 cm³/mol. The Morgan fingerprint density at radius 3 is 1.44 bits per heavy atom. The van der Waals surface area contributed by atoms with Crippen LogP contribution in [-0.2, 0) is 0 Å².